The Morgan fingerprint density at radius 3 is 2.68 bits per heavy atom. The summed E-state index contributed by atoms with van der Waals surface area (Å²) in [6, 6.07) is 1.52. The fourth-order valence-corrected chi connectivity index (χ4v) is 4.14. The van der Waals surface area contributed by atoms with Crippen molar-refractivity contribution in [3.63, 3.8) is 0 Å². The molecule has 1 aliphatic carbocycles. The van der Waals surface area contributed by atoms with E-state index < -0.39 is 10.0 Å². The Morgan fingerprint density at radius 1 is 1.47 bits per heavy atom. The largest absolute Gasteiger partial charge is 0.372 e. The first-order chi connectivity index (χ1) is 8.94. The van der Waals surface area contributed by atoms with Crippen LogP contribution in [0.2, 0.25) is 0 Å². The van der Waals surface area contributed by atoms with E-state index in [1.54, 1.807) is 19.3 Å². The standard InChI is InChI=1S/C12H18BrN3O2S/c1-8(9-4-3-5-9)16-19(17,18)11-6-10(13)7-15-12(11)14-2/h6-9,16H,3-5H2,1-2H3,(H,14,15). The molecule has 2 rings (SSSR count). The van der Waals surface area contributed by atoms with Gasteiger partial charge < -0.3 is 5.32 Å². The van der Waals surface area contributed by atoms with Crippen molar-refractivity contribution in [3.05, 3.63) is 16.7 Å². The average Bonchev–Trinajstić information content (AvgIpc) is 2.25. The summed E-state index contributed by atoms with van der Waals surface area (Å²) in [5, 5.41) is 2.81. The molecule has 106 valence electrons. The maximum Gasteiger partial charge on any atom is 0.244 e. The van der Waals surface area contributed by atoms with E-state index in [2.05, 4.69) is 31.0 Å². The Balaban J connectivity index is 2.25. The van der Waals surface area contributed by atoms with E-state index in [4.69, 9.17) is 0 Å². The smallest absolute Gasteiger partial charge is 0.244 e. The minimum absolute atomic E-state index is 0.0394. The molecule has 1 fully saturated rings. The van der Waals surface area contributed by atoms with Gasteiger partial charge in [0.25, 0.3) is 0 Å². The summed E-state index contributed by atoms with van der Waals surface area (Å²) in [6.45, 7) is 1.92. The molecule has 0 aromatic carbocycles. The van der Waals surface area contributed by atoms with Crippen molar-refractivity contribution >= 4 is 31.8 Å². The first-order valence-corrected chi connectivity index (χ1v) is 8.57. The number of nitrogens with one attached hydrogen (secondary N) is 2. The van der Waals surface area contributed by atoms with Crippen molar-refractivity contribution in [3.8, 4) is 0 Å². The Bertz CT molecular complexity index is 558. The van der Waals surface area contributed by atoms with Crippen LogP contribution < -0.4 is 10.0 Å². The van der Waals surface area contributed by atoms with Crippen molar-refractivity contribution in [1.29, 1.82) is 0 Å². The molecule has 0 bridgehead atoms. The second kappa shape index (κ2) is 5.76. The van der Waals surface area contributed by atoms with Crippen molar-refractivity contribution in [1.82, 2.24) is 9.71 Å². The summed E-state index contributed by atoms with van der Waals surface area (Å²) >= 11 is 3.26. The zero-order valence-corrected chi connectivity index (χ0v) is 13.4. The lowest BCUT2D eigenvalue weighted by molar-refractivity contribution is 0.260. The van der Waals surface area contributed by atoms with Gasteiger partial charge in [0.05, 0.1) is 0 Å². The van der Waals surface area contributed by atoms with E-state index in [0.29, 0.717) is 16.2 Å². The summed E-state index contributed by atoms with van der Waals surface area (Å²) in [4.78, 5) is 4.25. The highest BCUT2D eigenvalue weighted by molar-refractivity contribution is 9.10. The molecule has 1 aromatic heterocycles. The molecule has 1 aliphatic rings. The lowest BCUT2D eigenvalue weighted by Crippen LogP contribution is -2.40. The first-order valence-electron chi connectivity index (χ1n) is 6.29. The maximum atomic E-state index is 12.4. The van der Waals surface area contributed by atoms with Crippen LogP contribution in [0.25, 0.3) is 0 Å². The molecule has 0 saturated heterocycles. The molecule has 0 aliphatic heterocycles. The second-order valence-electron chi connectivity index (χ2n) is 4.85. The van der Waals surface area contributed by atoms with Crippen LogP contribution in [0.4, 0.5) is 5.82 Å². The van der Waals surface area contributed by atoms with Gasteiger partial charge in [-0.1, -0.05) is 6.42 Å². The van der Waals surface area contributed by atoms with Crippen LogP contribution in [-0.4, -0.2) is 26.5 Å². The SMILES string of the molecule is CNc1ncc(Br)cc1S(=O)(=O)NC(C)C1CCC1. The van der Waals surface area contributed by atoms with E-state index in [0.717, 1.165) is 12.8 Å². The number of hydrogen-bond acceptors (Lipinski definition) is 4. The molecule has 1 aromatic rings. The molecule has 7 heteroatoms. The molecule has 1 unspecified atom stereocenters. The molecule has 1 atom stereocenters. The average molecular weight is 348 g/mol. The molecule has 2 N–H and O–H groups in total. The highest BCUT2D eigenvalue weighted by atomic mass is 79.9. The first kappa shape index (κ1) is 14.7. The summed E-state index contributed by atoms with van der Waals surface area (Å²) < 4.78 is 28.2. The van der Waals surface area contributed by atoms with Gasteiger partial charge in [-0.05, 0) is 47.7 Å². The Kier molecular flexibility index (Phi) is 4.47. The number of sulfonamides is 1. The van der Waals surface area contributed by atoms with Crippen LogP contribution in [-0.2, 0) is 10.0 Å². The molecule has 5 nitrogen and oxygen atoms in total. The number of aromatic nitrogens is 1. The zero-order chi connectivity index (χ0) is 14.0. The number of hydrogen-bond donors (Lipinski definition) is 2. The van der Waals surface area contributed by atoms with Gasteiger partial charge in [0, 0.05) is 23.8 Å². The Hall–Kier alpha value is -0.660. The molecule has 1 saturated carbocycles. The highest BCUT2D eigenvalue weighted by Gasteiger charge is 2.29. The number of anilines is 1. The predicted octanol–water partition coefficient (Wildman–Crippen LogP) is 2.35. The Labute approximate surface area is 122 Å². The fourth-order valence-electron chi connectivity index (χ4n) is 2.16. The second-order valence-corrected chi connectivity index (χ2v) is 7.45. The van der Waals surface area contributed by atoms with Crippen molar-refractivity contribution in [2.24, 2.45) is 5.92 Å². The monoisotopic (exact) mass is 347 g/mol. The molecular weight excluding hydrogens is 330 g/mol. The van der Waals surface area contributed by atoms with Gasteiger partial charge in [0.2, 0.25) is 10.0 Å². The number of pyridine rings is 1. The summed E-state index contributed by atoms with van der Waals surface area (Å²) in [6.07, 6.45) is 4.95. The topological polar surface area (TPSA) is 71.1 Å². The maximum absolute atomic E-state index is 12.4. The van der Waals surface area contributed by atoms with Crippen molar-refractivity contribution in [2.45, 2.75) is 37.1 Å². The minimum Gasteiger partial charge on any atom is -0.372 e. The van der Waals surface area contributed by atoms with E-state index in [-0.39, 0.29) is 10.9 Å². The minimum atomic E-state index is -3.55. The van der Waals surface area contributed by atoms with Gasteiger partial charge in [0.15, 0.2) is 0 Å². The normalized spacial score (nSPS) is 17.8. The third-order valence-corrected chi connectivity index (χ3v) is 5.55. The van der Waals surface area contributed by atoms with E-state index >= 15 is 0 Å². The molecule has 0 spiro atoms. The van der Waals surface area contributed by atoms with Crippen LogP contribution in [0, 0.1) is 5.92 Å². The molecule has 0 radical (unpaired) electrons. The van der Waals surface area contributed by atoms with Gasteiger partial charge in [0.1, 0.15) is 10.7 Å². The number of rotatable bonds is 5. The quantitative estimate of drug-likeness (QED) is 0.857. The molecule has 0 amide bonds. The summed E-state index contributed by atoms with van der Waals surface area (Å²) in [7, 11) is -1.89. The number of halogens is 1. The van der Waals surface area contributed by atoms with Crippen LogP contribution in [0.1, 0.15) is 26.2 Å². The van der Waals surface area contributed by atoms with Gasteiger partial charge in [-0.25, -0.2) is 18.1 Å². The van der Waals surface area contributed by atoms with Gasteiger partial charge in [-0.2, -0.15) is 0 Å². The third kappa shape index (κ3) is 3.27. The van der Waals surface area contributed by atoms with E-state index in [1.165, 1.54) is 6.42 Å². The molecular formula is C12H18BrN3O2S. The van der Waals surface area contributed by atoms with Crippen molar-refractivity contribution < 1.29 is 8.42 Å². The van der Waals surface area contributed by atoms with Crippen LogP contribution in [0.15, 0.2) is 21.6 Å². The van der Waals surface area contributed by atoms with E-state index in [1.807, 2.05) is 6.92 Å². The van der Waals surface area contributed by atoms with Gasteiger partial charge in [-0.15, -0.1) is 0 Å². The summed E-state index contributed by atoms with van der Waals surface area (Å²) in [5.41, 5.74) is 0. The van der Waals surface area contributed by atoms with Crippen LogP contribution in [0.3, 0.4) is 0 Å². The lowest BCUT2D eigenvalue weighted by Gasteiger charge is -2.31. The van der Waals surface area contributed by atoms with Crippen LogP contribution >= 0.6 is 15.9 Å². The van der Waals surface area contributed by atoms with E-state index in [9.17, 15) is 8.42 Å². The lowest BCUT2D eigenvalue weighted by atomic mass is 9.81. The zero-order valence-electron chi connectivity index (χ0n) is 11.0. The molecule has 19 heavy (non-hydrogen) atoms. The van der Waals surface area contributed by atoms with Gasteiger partial charge >= 0.3 is 0 Å². The number of nitrogens with zero attached hydrogens (tertiary/aromatic N) is 1. The highest BCUT2D eigenvalue weighted by Crippen LogP contribution is 2.31. The summed E-state index contributed by atoms with van der Waals surface area (Å²) in [5.74, 6) is 0.810. The predicted molar refractivity (Wildman–Crippen MR) is 78.6 cm³/mol. The van der Waals surface area contributed by atoms with Gasteiger partial charge in [-0.3, -0.25) is 0 Å². The Morgan fingerprint density at radius 2 is 2.16 bits per heavy atom. The molecule has 1 heterocycles. The third-order valence-electron chi connectivity index (χ3n) is 3.54. The fraction of sp³-hybridized carbons (Fsp3) is 0.583. The van der Waals surface area contributed by atoms with Crippen molar-refractivity contribution in [2.75, 3.05) is 12.4 Å². The van der Waals surface area contributed by atoms with Crippen LogP contribution in [0.5, 0.6) is 0 Å².